The Labute approximate surface area is 378 Å². The molecule has 8 rings (SSSR count). The van der Waals surface area contributed by atoms with Gasteiger partial charge < -0.3 is 57.7 Å². The van der Waals surface area contributed by atoms with E-state index in [0.717, 1.165) is 16.7 Å². The average Bonchev–Trinajstić information content (AvgIpc) is 3.61. The number of phenolic OH excluding ortho intramolecular Hbond substituents is 2. The molecule has 2 heterocycles. The number of nitrogens with one attached hydrogen (secondary N) is 1. The second kappa shape index (κ2) is 19.3. The third-order valence-electron chi connectivity index (χ3n) is 11.3. The predicted octanol–water partition coefficient (Wildman–Crippen LogP) is 8.26. The molecule has 2 atom stereocenters. The van der Waals surface area contributed by atoms with Gasteiger partial charge in [-0.1, -0.05) is 60.7 Å². The first-order chi connectivity index (χ1) is 31.5. The number of fused-ring (bicyclic) bond motifs is 6. The third kappa shape index (κ3) is 8.97. The molecular weight excluding hydrogens is 852 g/mol. The van der Waals surface area contributed by atoms with Crippen molar-refractivity contribution in [3.05, 3.63) is 178 Å². The van der Waals surface area contributed by atoms with Crippen molar-refractivity contribution in [2.75, 3.05) is 61.7 Å². The van der Waals surface area contributed by atoms with Crippen molar-refractivity contribution in [3.8, 4) is 34.5 Å². The molecule has 0 radical (unpaired) electrons. The number of hydrogen-bond donors (Lipinski definition) is 3. The zero-order chi connectivity index (χ0) is 45.7. The fourth-order valence-corrected chi connectivity index (χ4v) is 8.96. The summed E-state index contributed by atoms with van der Waals surface area (Å²) in [5.74, 6) is 0.529. The van der Waals surface area contributed by atoms with Crippen LogP contribution in [0.1, 0.15) is 54.1 Å². The van der Waals surface area contributed by atoms with E-state index >= 15 is 0 Å². The molecule has 0 saturated heterocycles. The molecule has 65 heavy (non-hydrogen) atoms. The highest BCUT2D eigenvalue weighted by Gasteiger charge is 2.54. The van der Waals surface area contributed by atoms with Crippen molar-refractivity contribution in [2.45, 2.75) is 17.3 Å². The molecule has 1 spiro atoms. The molecule has 0 fully saturated rings. The molecule has 1 amide bonds. The van der Waals surface area contributed by atoms with Gasteiger partial charge in [-0.2, -0.15) is 0 Å². The highest BCUT2D eigenvalue weighted by Crippen LogP contribution is 2.57. The smallest absolute Gasteiger partial charge is 0.340 e. The van der Waals surface area contributed by atoms with Crippen LogP contribution in [0.5, 0.6) is 34.5 Å². The van der Waals surface area contributed by atoms with Crippen molar-refractivity contribution >= 4 is 20.5 Å². The maximum Gasteiger partial charge on any atom is 0.340 e. The summed E-state index contributed by atoms with van der Waals surface area (Å²) in [4.78, 5) is 30.2. The number of ether oxygens (including phenoxy) is 5. The fraction of sp³-hybridized carbons (Fsp3) is 0.240. The molecule has 0 saturated carbocycles. The van der Waals surface area contributed by atoms with Gasteiger partial charge in [0.1, 0.15) is 46.2 Å². The largest absolute Gasteiger partial charge is 0.508 e. The number of amides is 1. The van der Waals surface area contributed by atoms with Gasteiger partial charge in [-0.05, 0) is 91.4 Å². The van der Waals surface area contributed by atoms with Crippen LogP contribution in [-0.2, 0) is 34.2 Å². The van der Waals surface area contributed by atoms with Crippen LogP contribution < -0.4 is 19.5 Å². The van der Waals surface area contributed by atoms with Crippen LogP contribution in [0.25, 0.3) is 0 Å². The summed E-state index contributed by atoms with van der Waals surface area (Å²) in [6, 6.07) is 38.8. The highest BCUT2D eigenvalue weighted by atomic mass is 31.2. The number of likely N-dealkylation sites (N-methyl/N-ethyl adjacent to an activating group) is 1. The van der Waals surface area contributed by atoms with E-state index in [1.54, 1.807) is 38.5 Å². The van der Waals surface area contributed by atoms with E-state index < -0.39 is 37.8 Å². The Hall–Kier alpha value is -6.51. The van der Waals surface area contributed by atoms with E-state index in [-0.39, 0.29) is 47.3 Å². The summed E-state index contributed by atoms with van der Waals surface area (Å²) in [5, 5.41) is 23.7. The molecule has 6 aromatic carbocycles. The quantitative estimate of drug-likeness (QED) is 0.0430. The van der Waals surface area contributed by atoms with Crippen molar-refractivity contribution < 1.29 is 57.1 Å². The van der Waals surface area contributed by atoms with E-state index in [2.05, 4.69) is 5.32 Å². The van der Waals surface area contributed by atoms with E-state index in [4.69, 9.17) is 37.3 Å². The molecule has 15 heteroatoms. The van der Waals surface area contributed by atoms with Crippen LogP contribution in [0.2, 0.25) is 0 Å². The number of benzene rings is 6. The number of aromatic hydroxyl groups is 2. The van der Waals surface area contributed by atoms with Crippen molar-refractivity contribution in [1.29, 1.82) is 0 Å². The number of carbonyl (C=O) groups excluding carboxylic acids is 2. The standard InChI is InChI=1S/C50H49N2O12P/c1-52(2)25-26-60-65(59-5)61-31-40(63-49(33-9-7-6-8-10-33,34-12-18-38(57-3)19-13-34)35-14-20-39(58-4)21-15-35)30-51-47(55)32-11-22-42-41(27-32)48(56)64-50(42)43-23-16-36(53)28-45(43)62-46-29-37(54)17-24-44(46)50/h6-24,27-29,40,53-54H,25-26,30-31H2,1-5H3,(H,51,55). The third-order valence-corrected chi connectivity index (χ3v) is 12.3. The molecular formula is C50H49N2O12P. The highest BCUT2D eigenvalue weighted by molar-refractivity contribution is 7.41. The van der Waals surface area contributed by atoms with E-state index in [0.29, 0.717) is 41.3 Å². The van der Waals surface area contributed by atoms with Gasteiger partial charge >= 0.3 is 14.6 Å². The predicted molar refractivity (Wildman–Crippen MR) is 242 cm³/mol. The molecule has 0 aromatic heterocycles. The summed E-state index contributed by atoms with van der Waals surface area (Å²) in [7, 11) is 6.80. The van der Waals surface area contributed by atoms with Gasteiger partial charge in [-0.25, -0.2) is 4.79 Å². The molecule has 3 N–H and O–H groups in total. The van der Waals surface area contributed by atoms with Crippen LogP contribution in [0.3, 0.4) is 0 Å². The first kappa shape index (κ1) is 45.1. The summed E-state index contributed by atoms with van der Waals surface area (Å²) in [5.41, 5.74) is 1.34. The van der Waals surface area contributed by atoms with Gasteiger partial charge in [0.2, 0.25) is 0 Å². The number of esters is 1. The fourth-order valence-electron chi connectivity index (χ4n) is 8.15. The maximum absolute atomic E-state index is 14.3. The number of phenols is 2. The summed E-state index contributed by atoms with van der Waals surface area (Å²) >= 11 is 0. The molecule has 0 bridgehead atoms. The maximum atomic E-state index is 14.3. The Morgan fingerprint density at radius 2 is 1.31 bits per heavy atom. The zero-order valence-corrected chi connectivity index (χ0v) is 37.4. The summed E-state index contributed by atoms with van der Waals surface area (Å²) in [6.45, 7) is 0.884. The second-order valence-electron chi connectivity index (χ2n) is 15.6. The van der Waals surface area contributed by atoms with Gasteiger partial charge in [0.15, 0.2) is 5.60 Å². The minimum Gasteiger partial charge on any atom is -0.508 e. The van der Waals surface area contributed by atoms with Crippen LogP contribution in [0, 0.1) is 0 Å². The lowest BCUT2D eigenvalue weighted by molar-refractivity contribution is -0.0653. The molecule has 0 aliphatic carbocycles. The number of carbonyl (C=O) groups is 2. The first-order valence-corrected chi connectivity index (χ1v) is 21.9. The normalized spacial score (nSPS) is 14.4. The van der Waals surface area contributed by atoms with E-state index in [9.17, 15) is 19.8 Å². The Morgan fingerprint density at radius 3 is 1.86 bits per heavy atom. The zero-order valence-electron chi connectivity index (χ0n) is 36.5. The summed E-state index contributed by atoms with van der Waals surface area (Å²) in [6.07, 6.45) is -0.841. The lowest BCUT2D eigenvalue weighted by atomic mass is 9.77. The Balaban J connectivity index is 1.15. The average molecular weight is 901 g/mol. The van der Waals surface area contributed by atoms with Crippen molar-refractivity contribution in [2.24, 2.45) is 0 Å². The topological polar surface area (TPSA) is 164 Å². The SMILES string of the molecule is COc1ccc(C(OC(CNC(=O)c2ccc3c(c2)C(=O)OC32c3ccc(O)cc3Oc3cc(O)ccc32)COP(OC)OCCN(C)C)(c2ccccc2)c2ccc(OC)cc2)cc1. The van der Waals surface area contributed by atoms with Gasteiger partial charge in [0, 0.05) is 54.6 Å². The minimum absolute atomic E-state index is 0.0547. The lowest BCUT2D eigenvalue weighted by Crippen LogP contribution is -2.44. The van der Waals surface area contributed by atoms with Gasteiger partial charge in [0.25, 0.3) is 5.91 Å². The second-order valence-corrected chi connectivity index (χ2v) is 16.9. The molecule has 6 aromatic rings. The lowest BCUT2D eigenvalue weighted by Gasteiger charge is -2.39. The monoisotopic (exact) mass is 900 g/mol. The van der Waals surface area contributed by atoms with Crippen molar-refractivity contribution in [1.82, 2.24) is 10.2 Å². The van der Waals surface area contributed by atoms with Crippen LogP contribution in [-0.4, -0.2) is 94.8 Å². The molecule has 2 aliphatic rings. The minimum atomic E-state index is -1.81. The Bertz CT molecular complexity index is 2540. The van der Waals surface area contributed by atoms with Gasteiger partial charge in [-0.3, -0.25) is 4.79 Å². The van der Waals surface area contributed by atoms with E-state index in [1.807, 2.05) is 97.9 Å². The Kier molecular flexibility index (Phi) is 13.4. The van der Waals surface area contributed by atoms with Crippen molar-refractivity contribution in [3.63, 3.8) is 0 Å². The Morgan fingerprint density at radius 1 is 0.738 bits per heavy atom. The summed E-state index contributed by atoms with van der Waals surface area (Å²) < 4.78 is 48.7. The number of nitrogens with zero attached hydrogens (tertiary/aromatic N) is 1. The molecule has 2 unspecified atom stereocenters. The molecule has 336 valence electrons. The number of hydrogen-bond acceptors (Lipinski definition) is 13. The molecule has 14 nitrogen and oxygen atoms in total. The number of methoxy groups -OCH3 is 2. The van der Waals surface area contributed by atoms with Gasteiger partial charge in [-0.15, -0.1) is 0 Å². The first-order valence-electron chi connectivity index (χ1n) is 20.8. The van der Waals surface area contributed by atoms with Crippen LogP contribution >= 0.6 is 8.60 Å². The van der Waals surface area contributed by atoms with Crippen LogP contribution in [0.15, 0.2) is 133 Å². The van der Waals surface area contributed by atoms with E-state index in [1.165, 1.54) is 37.4 Å². The van der Waals surface area contributed by atoms with Crippen LogP contribution in [0.4, 0.5) is 0 Å². The molecule has 2 aliphatic heterocycles. The van der Waals surface area contributed by atoms with Gasteiger partial charge in [0.05, 0.1) is 33.0 Å². The number of rotatable bonds is 18.